The van der Waals surface area contributed by atoms with Crippen molar-refractivity contribution in [1.29, 1.82) is 0 Å². The molecule has 0 saturated heterocycles. The number of nitrogens with one attached hydrogen (secondary N) is 1. The molecule has 3 nitrogen and oxygen atoms in total. The first-order valence-corrected chi connectivity index (χ1v) is 5.33. The van der Waals surface area contributed by atoms with Crippen LogP contribution in [0.25, 0.3) is 0 Å². The zero-order valence-corrected chi connectivity index (χ0v) is 9.91. The van der Waals surface area contributed by atoms with Gasteiger partial charge in [-0.2, -0.15) is 8.78 Å². The molecule has 0 aliphatic rings. The van der Waals surface area contributed by atoms with Crippen LogP contribution < -0.4 is 10.1 Å². The smallest absolute Gasteiger partial charge is 0.387 e. The lowest BCUT2D eigenvalue weighted by molar-refractivity contribution is -0.0493. The molecule has 96 valence electrons. The minimum Gasteiger partial charge on any atom is -0.433 e. The van der Waals surface area contributed by atoms with E-state index < -0.39 is 6.61 Å². The lowest BCUT2D eigenvalue weighted by Gasteiger charge is -2.23. The molecule has 5 heteroatoms. The molecule has 0 aliphatic carbocycles. The summed E-state index contributed by atoms with van der Waals surface area (Å²) in [7, 11) is 0. The number of para-hydroxylation sites is 2. The summed E-state index contributed by atoms with van der Waals surface area (Å²) in [5.74, 6) is 0.108. The second-order valence-electron chi connectivity index (χ2n) is 4.55. The molecule has 1 aromatic rings. The van der Waals surface area contributed by atoms with E-state index in [-0.39, 0.29) is 17.8 Å². The fourth-order valence-electron chi connectivity index (χ4n) is 1.20. The third-order valence-electron chi connectivity index (χ3n) is 2.29. The summed E-state index contributed by atoms with van der Waals surface area (Å²) < 4.78 is 28.7. The van der Waals surface area contributed by atoms with Crippen molar-refractivity contribution < 1.29 is 18.6 Å². The Hall–Kier alpha value is -1.36. The van der Waals surface area contributed by atoms with Gasteiger partial charge < -0.3 is 15.2 Å². The van der Waals surface area contributed by atoms with Gasteiger partial charge in [-0.1, -0.05) is 26.0 Å². The van der Waals surface area contributed by atoms with Crippen LogP contribution in [0.4, 0.5) is 14.5 Å². The Morgan fingerprint density at radius 2 is 2.00 bits per heavy atom. The molecule has 1 rings (SSSR count). The number of rotatable bonds is 6. The maximum Gasteiger partial charge on any atom is 0.387 e. The molecule has 0 amide bonds. The van der Waals surface area contributed by atoms with E-state index in [0.717, 1.165) is 0 Å². The Kier molecular flexibility index (Phi) is 4.69. The minimum atomic E-state index is -2.84. The van der Waals surface area contributed by atoms with Gasteiger partial charge in [0.15, 0.2) is 0 Å². The van der Waals surface area contributed by atoms with E-state index in [1.54, 1.807) is 18.2 Å². The highest BCUT2D eigenvalue weighted by atomic mass is 19.3. The van der Waals surface area contributed by atoms with Crippen LogP contribution in [-0.4, -0.2) is 24.9 Å². The van der Waals surface area contributed by atoms with E-state index in [2.05, 4.69) is 10.1 Å². The number of ether oxygens (including phenoxy) is 1. The molecule has 0 fully saturated rings. The van der Waals surface area contributed by atoms with Gasteiger partial charge in [-0.3, -0.25) is 0 Å². The summed E-state index contributed by atoms with van der Waals surface area (Å²) in [4.78, 5) is 0. The number of halogens is 2. The third-order valence-corrected chi connectivity index (χ3v) is 2.29. The van der Waals surface area contributed by atoms with E-state index in [1.807, 2.05) is 13.8 Å². The average Bonchev–Trinajstić information content (AvgIpc) is 2.27. The summed E-state index contributed by atoms with van der Waals surface area (Å²) in [5.41, 5.74) is 0.173. The van der Waals surface area contributed by atoms with Crippen LogP contribution in [-0.2, 0) is 0 Å². The van der Waals surface area contributed by atoms with Crippen LogP contribution >= 0.6 is 0 Å². The van der Waals surface area contributed by atoms with Crippen LogP contribution in [0.3, 0.4) is 0 Å². The summed E-state index contributed by atoms with van der Waals surface area (Å²) >= 11 is 0. The average molecular weight is 245 g/mol. The van der Waals surface area contributed by atoms with Crippen molar-refractivity contribution in [3.8, 4) is 5.75 Å². The predicted molar refractivity (Wildman–Crippen MR) is 62.4 cm³/mol. The molecule has 0 radical (unpaired) electrons. The van der Waals surface area contributed by atoms with Gasteiger partial charge in [-0.25, -0.2) is 0 Å². The Morgan fingerprint density at radius 3 is 2.59 bits per heavy atom. The van der Waals surface area contributed by atoms with Gasteiger partial charge in [0.05, 0.1) is 5.69 Å². The lowest BCUT2D eigenvalue weighted by atomic mass is 9.95. The van der Waals surface area contributed by atoms with Gasteiger partial charge in [0.1, 0.15) is 5.75 Å². The number of aliphatic hydroxyl groups excluding tert-OH is 1. The maximum atomic E-state index is 12.2. The van der Waals surface area contributed by atoms with Crippen molar-refractivity contribution in [2.45, 2.75) is 20.5 Å². The Labute approximate surface area is 99.4 Å². The molecule has 0 aliphatic heterocycles. The molecule has 2 N–H and O–H groups in total. The highest BCUT2D eigenvalue weighted by Crippen LogP contribution is 2.26. The van der Waals surface area contributed by atoms with Crippen LogP contribution in [0.15, 0.2) is 24.3 Å². The van der Waals surface area contributed by atoms with Crippen LogP contribution in [0, 0.1) is 5.41 Å². The number of aliphatic hydroxyl groups is 1. The Balaban J connectivity index is 2.70. The van der Waals surface area contributed by atoms with E-state index in [4.69, 9.17) is 5.11 Å². The van der Waals surface area contributed by atoms with Gasteiger partial charge >= 0.3 is 6.61 Å². The molecule has 1 aromatic carbocycles. The molecule has 17 heavy (non-hydrogen) atoms. The van der Waals surface area contributed by atoms with E-state index in [9.17, 15) is 8.78 Å². The van der Waals surface area contributed by atoms with Gasteiger partial charge in [0, 0.05) is 18.6 Å². The van der Waals surface area contributed by atoms with Crippen molar-refractivity contribution in [3.05, 3.63) is 24.3 Å². The normalized spacial score (nSPS) is 11.6. The quantitative estimate of drug-likeness (QED) is 0.809. The largest absolute Gasteiger partial charge is 0.433 e. The third kappa shape index (κ3) is 4.56. The summed E-state index contributed by atoms with van der Waals surface area (Å²) in [5, 5.41) is 12.1. The first-order valence-electron chi connectivity index (χ1n) is 5.33. The van der Waals surface area contributed by atoms with E-state index in [1.165, 1.54) is 6.07 Å². The monoisotopic (exact) mass is 245 g/mol. The lowest BCUT2D eigenvalue weighted by Crippen LogP contribution is -2.27. The predicted octanol–water partition coefficient (Wildman–Crippen LogP) is 2.72. The highest BCUT2D eigenvalue weighted by molar-refractivity contribution is 5.56. The molecule has 0 atom stereocenters. The number of hydrogen-bond donors (Lipinski definition) is 2. The molecule has 0 spiro atoms. The fraction of sp³-hybridized carbons (Fsp3) is 0.500. The van der Waals surface area contributed by atoms with Crippen LogP contribution in [0.5, 0.6) is 5.75 Å². The summed E-state index contributed by atoms with van der Waals surface area (Å²) in [6.07, 6.45) is 0. The number of benzene rings is 1. The number of anilines is 1. The molecule has 0 unspecified atom stereocenters. The number of hydrogen-bond acceptors (Lipinski definition) is 3. The van der Waals surface area contributed by atoms with Crippen molar-refractivity contribution in [2.24, 2.45) is 5.41 Å². The first kappa shape index (κ1) is 13.7. The van der Waals surface area contributed by atoms with Gasteiger partial charge in [-0.05, 0) is 12.1 Å². The van der Waals surface area contributed by atoms with Gasteiger partial charge in [0.25, 0.3) is 0 Å². The summed E-state index contributed by atoms with van der Waals surface area (Å²) in [6.45, 7) is 1.38. The summed E-state index contributed by atoms with van der Waals surface area (Å²) in [6, 6.07) is 6.48. The molecular formula is C12H17F2NO2. The topological polar surface area (TPSA) is 41.5 Å². The standard InChI is InChI=1S/C12H17F2NO2/c1-12(2,8-16)7-15-9-5-3-4-6-10(9)17-11(13)14/h3-6,11,15-16H,7-8H2,1-2H3. The zero-order chi connectivity index (χ0) is 12.9. The van der Waals surface area contributed by atoms with Crippen molar-refractivity contribution in [2.75, 3.05) is 18.5 Å². The molecule has 0 saturated carbocycles. The van der Waals surface area contributed by atoms with E-state index >= 15 is 0 Å². The minimum absolute atomic E-state index is 0.0118. The van der Waals surface area contributed by atoms with Crippen LogP contribution in [0.2, 0.25) is 0 Å². The molecule has 0 bridgehead atoms. The first-order chi connectivity index (χ1) is 7.94. The maximum absolute atomic E-state index is 12.2. The molecule has 0 heterocycles. The second-order valence-corrected chi connectivity index (χ2v) is 4.55. The van der Waals surface area contributed by atoms with Crippen molar-refractivity contribution >= 4 is 5.69 Å². The Morgan fingerprint density at radius 1 is 1.35 bits per heavy atom. The van der Waals surface area contributed by atoms with Crippen molar-refractivity contribution in [1.82, 2.24) is 0 Å². The fourth-order valence-corrected chi connectivity index (χ4v) is 1.20. The number of alkyl halides is 2. The van der Waals surface area contributed by atoms with E-state index in [0.29, 0.717) is 12.2 Å². The molecular weight excluding hydrogens is 228 g/mol. The SMILES string of the molecule is CC(C)(CO)CNc1ccccc1OC(F)F. The molecule has 0 aromatic heterocycles. The second kappa shape index (κ2) is 5.82. The van der Waals surface area contributed by atoms with Gasteiger partial charge in [0.2, 0.25) is 0 Å². The van der Waals surface area contributed by atoms with Crippen molar-refractivity contribution in [3.63, 3.8) is 0 Å². The van der Waals surface area contributed by atoms with Gasteiger partial charge in [-0.15, -0.1) is 0 Å². The zero-order valence-electron chi connectivity index (χ0n) is 9.91. The highest BCUT2D eigenvalue weighted by Gasteiger charge is 2.17. The van der Waals surface area contributed by atoms with Crippen LogP contribution in [0.1, 0.15) is 13.8 Å². The Bertz CT molecular complexity index is 356.